The number of hydrogen-bond donors (Lipinski definition) is 2. The highest BCUT2D eigenvalue weighted by Crippen LogP contribution is 2.40. The fraction of sp³-hybridized carbons (Fsp3) is 0.667. The number of ether oxygens (including phenoxy) is 2. The Kier molecular flexibility index (Phi) is 5.90. The van der Waals surface area contributed by atoms with Crippen LogP contribution in [-0.2, 0) is 23.9 Å². The van der Waals surface area contributed by atoms with Crippen LogP contribution in [0.1, 0.15) is 40.0 Å². The molecular weight excluding hydrogens is 318 g/mol. The van der Waals surface area contributed by atoms with Gasteiger partial charge in [-0.05, 0) is 33.6 Å². The molecule has 0 spiro atoms. The molecule has 1 rings (SSSR count). The zero-order valence-electron chi connectivity index (χ0n) is 14.2. The molecule has 0 aliphatic carbocycles. The molecule has 1 fully saturated rings. The van der Waals surface area contributed by atoms with Gasteiger partial charge in [0.2, 0.25) is 17.1 Å². The topological polar surface area (TPSA) is 130 Å². The second kappa shape index (κ2) is 7.29. The zero-order chi connectivity index (χ0) is 18.5. The number of piperidine rings is 1. The van der Waals surface area contributed by atoms with Crippen LogP contribution in [0.5, 0.6) is 0 Å². The van der Waals surface area contributed by atoms with Gasteiger partial charge < -0.3 is 19.9 Å². The first kappa shape index (κ1) is 19.4. The number of aliphatic hydroxyl groups excluding tert-OH is 1. The molecule has 24 heavy (non-hydrogen) atoms. The van der Waals surface area contributed by atoms with Gasteiger partial charge in [0.1, 0.15) is 11.0 Å². The number of esters is 2. The maximum atomic E-state index is 12.4. The van der Waals surface area contributed by atoms with Crippen LogP contribution in [0.25, 0.3) is 4.98 Å². The van der Waals surface area contributed by atoms with Crippen LogP contribution in [0.4, 0.5) is 0 Å². The van der Waals surface area contributed by atoms with E-state index >= 15 is 0 Å². The van der Waals surface area contributed by atoms with Crippen LogP contribution in [-0.4, -0.2) is 42.2 Å². The second-order valence-corrected chi connectivity index (χ2v) is 6.49. The minimum Gasteiger partial charge on any atom is -0.504 e. The number of nitrogens with zero attached hydrogens (tertiary/aromatic N) is 2. The third-order valence-electron chi connectivity index (χ3n) is 3.52. The molecule has 0 radical (unpaired) electrons. The van der Waals surface area contributed by atoms with Crippen molar-refractivity contribution in [2.24, 2.45) is 5.41 Å². The third-order valence-corrected chi connectivity index (χ3v) is 3.52. The van der Waals surface area contributed by atoms with Crippen molar-refractivity contribution >= 4 is 17.8 Å². The largest absolute Gasteiger partial charge is 0.506 e. The SMILES string of the molecule is COC(=O)/C([N+]#N)=C(\O)C1(CC(=O)OC(C)(C)C)CCCNC1=O. The number of nitrogens with one attached hydrogen (secondary N) is 1. The molecule has 9 heteroatoms. The Morgan fingerprint density at radius 1 is 1.42 bits per heavy atom. The van der Waals surface area contributed by atoms with Gasteiger partial charge in [-0.15, -0.1) is 0 Å². The van der Waals surface area contributed by atoms with Crippen LogP contribution in [0.2, 0.25) is 0 Å². The molecule has 9 nitrogen and oxygen atoms in total. The van der Waals surface area contributed by atoms with Gasteiger partial charge in [0.05, 0.1) is 13.5 Å². The van der Waals surface area contributed by atoms with Gasteiger partial charge in [0.25, 0.3) is 0 Å². The fourth-order valence-electron chi connectivity index (χ4n) is 2.49. The Morgan fingerprint density at radius 3 is 2.50 bits per heavy atom. The Morgan fingerprint density at radius 2 is 2.04 bits per heavy atom. The molecule has 1 saturated heterocycles. The smallest absolute Gasteiger partial charge is 0.504 e. The van der Waals surface area contributed by atoms with Crippen molar-refractivity contribution in [3.05, 3.63) is 16.4 Å². The highest BCUT2D eigenvalue weighted by Gasteiger charge is 2.53. The van der Waals surface area contributed by atoms with E-state index in [0.29, 0.717) is 13.0 Å². The third kappa shape index (κ3) is 4.22. The summed E-state index contributed by atoms with van der Waals surface area (Å²) in [5, 5.41) is 22.0. The van der Waals surface area contributed by atoms with Gasteiger partial charge in [-0.25, -0.2) is 4.79 Å². The van der Waals surface area contributed by atoms with Crippen LogP contribution < -0.4 is 5.32 Å². The molecule has 132 valence electrons. The Hall–Kier alpha value is -2.63. The van der Waals surface area contributed by atoms with E-state index in [1.165, 1.54) is 0 Å². The van der Waals surface area contributed by atoms with Gasteiger partial charge in [0.15, 0.2) is 4.98 Å². The number of carbonyl (C=O) groups excluding carboxylic acids is 3. The van der Waals surface area contributed by atoms with E-state index in [0.717, 1.165) is 7.11 Å². The quantitative estimate of drug-likeness (QED) is 0.342. The van der Waals surface area contributed by atoms with Gasteiger partial charge in [-0.1, -0.05) is 0 Å². The maximum absolute atomic E-state index is 12.4. The second-order valence-electron chi connectivity index (χ2n) is 6.49. The van der Waals surface area contributed by atoms with Crippen molar-refractivity contribution < 1.29 is 29.0 Å². The number of amides is 1. The fourth-order valence-corrected chi connectivity index (χ4v) is 2.49. The van der Waals surface area contributed by atoms with Gasteiger partial charge in [-0.3, -0.25) is 9.59 Å². The lowest BCUT2D eigenvalue weighted by Gasteiger charge is -2.34. The maximum Gasteiger partial charge on any atom is 0.506 e. The first-order valence-corrected chi connectivity index (χ1v) is 7.44. The summed E-state index contributed by atoms with van der Waals surface area (Å²) in [5.74, 6) is -3.33. The predicted octanol–water partition coefficient (Wildman–Crippen LogP) is 1.41. The summed E-state index contributed by atoms with van der Waals surface area (Å²) >= 11 is 0. The molecule has 1 heterocycles. The van der Waals surface area contributed by atoms with Crippen LogP contribution >= 0.6 is 0 Å². The van der Waals surface area contributed by atoms with Crippen molar-refractivity contribution in [2.75, 3.05) is 13.7 Å². The van der Waals surface area contributed by atoms with E-state index in [1.54, 1.807) is 20.8 Å². The molecule has 0 saturated carbocycles. The minimum absolute atomic E-state index is 0.0833. The Labute approximate surface area is 139 Å². The average molecular weight is 340 g/mol. The van der Waals surface area contributed by atoms with E-state index in [9.17, 15) is 19.5 Å². The lowest BCUT2D eigenvalue weighted by Crippen LogP contribution is -2.49. The van der Waals surface area contributed by atoms with E-state index in [2.05, 4.69) is 15.0 Å². The average Bonchev–Trinajstić information content (AvgIpc) is 2.48. The number of diazo groups is 1. The lowest BCUT2D eigenvalue weighted by atomic mass is 9.74. The zero-order valence-corrected chi connectivity index (χ0v) is 14.2. The highest BCUT2D eigenvalue weighted by atomic mass is 16.6. The lowest BCUT2D eigenvalue weighted by molar-refractivity contribution is -0.161. The first-order valence-electron chi connectivity index (χ1n) is 7.44. The molecule has 2 N–H and O–H groups in total. The number of aliphatic hydroxyl groups is 1. The van der Waals surface area contributed by atoms with Crippen molar-refractivity contribution in [2.45, 2.75) is 45.6 Å². The first-order chi connectivity index (χ1) is 11.1. The molecule has 0 aromatic rings. The Balaban J connectivity index is 3.33. The molecule has 1 unspecified atom stereocenters. The molecular formula is C15H22N3O6+. The van der Waals surface area contributed by atoms with Crippen molar-refractivity contribution in [1.82, 2.24) is 5.32 Å². The van der Waals surface area contributed by atoms with Crippen LogP contribution in [0, 0.1) is 10.8 Å². The van der Waals surface area contributed by atoms with E-state index in [-0.39, 0.29) is 6.42 Å². The van der Waals surface area contributed by atoms with E-state index < -0.39 is 46.7 Å². The van der Waals surface area contributed by atoms with Crippen LogP contribution in [0.15, 0.2) is 11.5 Å². The van der Waals surface area contributed by atoms with Crippen molar-refractivity contribution in [3.8, 4) is 0 Å². The standard InChI is InChI=1S/C15H21N3O6/c1-14(2,3)24-9(19)8-15(6-5-7-17-13(15)22)11(20)10(18-16)12(21)23-4/h5-8H2,1-4H3,(H-,17,20,21,22)/p+1. The summed E-state index contributed by atoms with van der Waals surface area (Å²) in [5.41, 5.74) is -3.36. The number of rotatable bonds is 4. The number of methoxy groups -OCH3 is 1. The van der Waals surface area contributed by atoms with Gasteiger partial charge >= 0.3 is 17.6 Å². The predicted molar refractivity (Wildman–Crippen MR) is 81.9 cm³/mol. The highest BCUT2D eigenvalue weighted by molar-refractivity contribution is 5.96. The summed E-state index contributed by atoms with van der Waals surface area (Å²) in [6.45, 7) is 5.36. The molecule has 1 aliphatic heterocycles. The molecule has 1 aliphatic rings. The molecule has 0 aromatic heterocycles. The summed E-state index contributed by atoms with van der Waals surface area (Å²) in [4.78, 5) is 39.0. The summed E-state index contributed by atoms with van der Waals surface area (Å²) in [7, 11) is 1.03. The molecule has 1 atom stereocenters. The normalized spacial score (nSPS) is 21.9. The summed E-state index contributed by atoms with van der Waals surface area (Å²) in [6, 6.07) is 0. The van der Waals surface area contributed by atoms with Crippen LogP contribution in [0.3, 0.4) is 0 Å². The number of carbonyl (C=O) groups is 3. The van der Waals surface area contributed by atoms with E-state index in [1.807, 2.05) is 0 Å². The summed E-state index contributed by atoms with van der Waals surface area (Å²) in [6.07, 6.45) is 0.0380. The van der Waals surface area contributed by atoms with E-state index in [4.69, 9.17) is 10.1 Å². The van der Waals surface area contributed by atoms with Gasteiger partial charge in [0, 0.05) is 6.54 Å². The minimum atomic E-state index is -1.75. The summed E-state index contributed by atoms with van der Waals surface area (Å²) < 4.78 is 9.62. The number of hydrogen-bond acceptors (Lipinski definition) is 7. The van der Waals surface area contributed by atoms with Crippen molar-refractivity contribution in [1.29, 1.82) is 5.39 Å². The van der Waals surface area contributed by atoms with Crippen molar-refractivity contribution in [3.63, 3.8) is 0 Å². The molecule has 0 aromatic carbocycles. The molecule has 0 bridgehead atoms. The monoisotopic (exact) mass is 340 g/mol. The van der Waals surface area contributed by atoms with Gasteiger partial charge in [-0.2, -0.15) is 0 Å². The Bertz CT molecular complexity index is 614. The molecule has 1 amide bonds.